The molecule has 4 nitrogen and oxygen atoms in total. The van der Waals surface area contributed by atoms with Crippen LogP contribution in [-0.2, 0) is 0 Å². The third-order valence-corrected chi connectivity index (χ3v) is 4.94. The number of thiophene rings is 1. The van der Waals surface area contributed by atoms with Crippen molar-refractivity contribution in [1.29, 1.82) is 5.26 Å². The second-order valence-electron chi connectivity index (χ2n) is 4.66. The van der Waals surface area contributed by atoms with Crippen molar-refractivity contribution in [2.75, 3.05) is 14.2 Å². The van der Waals surface area contributed by atoms with Crippen molar-refractivity contribution in [3.8, 4) is 17.6 Å². The minimum Gasteiger partial charge on any atom is -0.493 e. The average molecular weight is 392 g/mol. The molecule has 1 aromatic heterocycles. The Hall–Kier alpha value is -2.10. The minimum absolute atomic E-state index is 0.0727. The number of ketones is 1. The van der Waals surface area contributed by atoms with Crippen LogP contribution >= 0.6 is 27.3 Å². The zero-order chi connectivity index (χ0) is 17.0. The molecular weight excluding hydrogens is 378 g/mol. The average Bonchev–Trinajstić information content (AvgIpc) is 2.98. The summed E-state index contributed by atoms with van der Waals surface area (Å²) in [5, 5.41) is 11.2. The Balaban J connectivity index is 2.49. The van der Waals surface area contributed by atoms with Crippen LogP contribution in [0.2, 0.25) is 0 Å². The minimum atomic E-state index is -0.276. The quantitative estimate of drug-likeness (QED) is 0.423. The Morgan fingerprint density at radius 2 is 1.96 bits per heavy atom. The van der Waals surface area contributed by atoms with E-state index in [9.17, 15) is 10.1 Å². The number of rotatable bonds is 5. The van der Waals surface area contributed by atoms with Crippen LogP contribution in [0.3, 0.4) is 0 Å². The van der Waals surface area contributed by atoms with Crippen molar-refractivity contribution < 1.29 is 14.3 Å². The van der Waals surface area contributed by atoms with Crippen LogP contribution in [-0.4, -0.2) is 20.0 Å². The van der Waals surface area contributed by atoms with Crippen molar-refractivity contribution in [3.05, 3.63) is 49.6 Å². The van der Waals surface area contributed by atoms with E-state index in [0.29, 0.717) is 26.4 Å². The van der Waals surface area contributed by atoms with Gasteiger partial charge in [-0.05, 0) is 47.7 Å². The lowest BCUT2D eigenvalue weighted by atomic mass is 10.0. The van der Waals surface area contributed by atoms with Crippen molar-refractivity contribution in [3.63, 3.8) is 0 Å². The molecule has 0 saturated carbocycles. The molecule has 0 spiro atoms. The lowest BCUT2D eigenvalue weighted by molar-refractivity contribution is 0.104. The molecule has 1 heterocycles. The summed E-state index contributed by atoms with van der Waals surface area (Å²) in [6.45, 7) is 1.85. The zero-order valence-corrected chi connectivity index (χ0v) is 15.2. The van der Waals surface area contributed by atoms with E-state index in [-0.39, 0.29) is 11.4 Å². The van der Waals surface area contributed by atoms with Gasteiger partial charge in [0.05, 0.1) is 19.1 Å². The molecule has 0 aliphatic heterocycles. The molecule has 2 rings (SSSR count). The van der Waals surface area contributed by atoms with Gasteiger partial charge in [-0.3, -0.25) is 4.79 Å². The normalized spacial score (nSPS) is 11.0. The van der Waals surface area contributed by atoms with E-state index in [2.05, 4.69) is 15.9 Å². The van der Waals surface area contributed by atoms with Gasteiger partial charge >= 0.3 is 0 Å². The van der Waals surface area contributed by atoms with Crippen molar-refractivity contribution in [2.24, 2.45) is 0 Å². The van der Waals surface area contributed by atoms with Gasteiger partial charge in [0.1, 0.15) is 11.6 Å². The Morgan fingerprint density at radius 3 is 2.48 bits per heavy atom. The molecular formula is C17H14BrNO3S. The van der Waals surface area contributed by atoms with Crippen LogP contribution < -0.4 is 9.47 Å². The number of aryl methyl sites for hydroxylation is 1. The number of nitriles is 1. The highest BCUT2D eigenvalue weighted by Gasteiger charge is 2.17. The van der Waals surface area contributed by atoms with E-state index < -0.39 is 0 Å². The molecule has 2 aromatic rings. The van der Waals surface area contributed by atoms with E-state index in [1.54, 1.807) is 25.3 Å². The Kier molecular flexibility index (Phi) is 5.59. The number of ether oxygens (including phenoxy) is 2. The lowest BCUT2D eigenvalue weighted by Gasteiger charge is -2.10. The van der Waals surface area contributed by atoms with Gasteiger partial charge in [0.2, 0.25) is 5.78 Å². The van der Waals surface area contributed by atoms with Crippen LogP contribution in [0.1, 0.15) is 20.8 Å². The van der Waals surface area contributed by atoms with E-state index in [4.69, 9.17) is 9.47 Å². The number of carbonyl (C=O) groups is 1. The van der Waals surface area contributed by atoms with Crippen molar-refractivity contribution >= 4 is 39.1 Å². The van der Waals surface area contributed by atoms with E-state index >= 15 is 0 Å². The Bertz CT molecular complexity index is 818. The maximum absolute atomic E-state index is 12.5. The fraction of sp³-hybridized carbons (Fsp3) is 0.176. The molecule has 0 radical (unpaired) electrons. The third-order valence-electron chi connectivity index (χ3n) is 3.24. The Morgan fingerprint density at radius 1 is 1.30 bits per heavy atom. The summed E-state index contributed by atoms with van der Waals surface area (Å²) in [4.78, 5) is 13.1. The summed E-state index contributed by atoms with van der Waals surface area (Å²) in [7, 11) is 3.08. The predicted octanol–water partition coefficient (Wildman–Crippen LogP) is 4.63. The fourth-order valence-corrected chi connectivity index (χ4v) is 3.33. The van der Waals surface area contributed by atoms with Gasteiger partial charge in [-0.1, -0.05) is 15.9 Å². The zero-order valence-electron chi connectivity index (χ0n) is 12.8. The molecule has 0 fully saturated rings. The van der Waals surface area contributed by atoms with Gasteiger partial charge in [-0.2, -0.15) is 5.26 Å². The molecule has 23 heavy (non-hydrogen) atoms. The van der Waals surface area contributed by atoms with Gasteiger partial charge in [-0.15, -0.1) is 11.3 Å². The van der Waals surface area contributed by atoms with Gasteiger partial charge in [0.15, 0.2) is 11.5 Å². The van der Waals surface area contributed by atoms with Crippen LogP contribution in [0.4, 0.5) is 0 Å². The maximum Gasteiger partial charge on any atom is 0.213 e. The summed E-state index contributed by atoms with van der Waals surface area (Å²) in [5.74, 6) is 0.816. The van der Waals surface area contributed by atoms with Crippen LogP contribution in [0, 0.1) is 18.3 Å². The molecule has 6 heteroatoms. The highest BCUT2D eigenvalue weighted by Crippen LogP contribution is 2.34. The largest absolute Gasteiger partial charge is 0.493 e. The summed E-state index contributed by atoms with van der Waals surface area (Å²) in [6.07, 6.45) is 1.55. The maximum atomic E-state index is 12.5. The predicted molar refractivity (Wildman–Crippen MR) is 94.2 cm³/mol. The number of benzene rings is 1. The molecule has 0 atom stereocenters. The lowest BCUT2D eigenvalue weighted by Crippen LogP contribution is -2.01. The summed E-state index contributed by atoms with van der Waals surface area (Å²) >= 11 is 4.76. The highest BCUT2D eigenvalue weighted by atomic mass is 79.9. The smallest absolute Gasteiger partial charge is 0.213 e. The third kappa shape index (κ3) is 3.63. The van der Waals surface area contributed by atoms with Gasteiger partial charge < -0.3 is 9.47 Å². The fourth-order valence-electron chi connectivity index (χ4n) is 2.01. The standard InChI is InChI=1S/C17H14BrNO3S/c1-10-4-5-23-17(10)16(20)12(9-19)6-11-7-14(21-2)15(22-3)8-13(11)18/h4-8H,1-3H3/b12-6+. The molecule has 0 aliphatic rings. The monoisotopic (exact) mass is 391 g/mol. The second kappa shape index (κ2) is 7.44. The number of carbonyl (C=O) groups excluding carboxylic acids is 1. The van der Waals surface area contributed by atoms with Gasteiger partial charge in [-0.25, -0.2) is 0 Å². The molecule has 0 amide bonds. The molecule has 0 bridgehead atoms. The van der Waals surface area contributed by atoms with E-state index in [1.807, 2.05) is 24.4 Å². The molecule has 0 saturated heterocycles. The number of hydrogen-bond donors (Lipinski definition) is 0. The van der Waals surface area contributed by atoms with Crippen molar-refractivity contribution in [1.82, 2.24) is 0 Å². The first-order valence-electron chi connectivity index (χ1n) is 6.64. The first-order chi connectivity index (χ1) is 11.0. The number of nitrogens with zero attached hydrogens (tertiary/aromatic N) is 1. The number of halogens is 1. The molecule has 0 aliphatic carbocycles. The summed E-state index contributed by atoms with van der Waals surface area (Å²) in [6, 6.07) is 7.30. The number of allylic oxidation sites excluding steroid dienone is 1. The number of hydrogen-bond acceptors (Lipinski definition) is 5. The van der Waals surface area contributed by atoms with Crippen LogP contribution in [0.5, 0.6) is 11.5 Å². The van der Waals surface area contributed by atoms with E-state index in [1.165, 1.54) is 18.4 Å². The Labute approximate surface area is 147 Å². The molecule has 0 N–H and O–H groups in total. The number of methoxy groups -OCH3 is 2. The SMILES string of the molecule is COc1cc(Br)c(/C=C(\C#N)C(=O)c2sccc2C)cc1OC. The topological polar surface area (TPSA) is 59.3 Å². The number of Topliss-reactive ketones (excluding diaryl/α,β-unsaturated/α-hetero) is 1. The second-order valence-corrected chi connectivity index (χ2v) is 6.43. The van der Waals surface area contributed by atoms with E-state index in [0.717, 1.165) is 5.56 Å². The van der Waals surface area contributed by atoms with Gasteiger partial charge in [0, 0.05) is 4.47 Å². The summed E-state index contributed by atoms with van der Waals surface area (Å²) < 4.78 is 11.2. The molecule has 118 valence electrons. The first-order valence-corrected chi connectivity index (χ1v) is 8.31. The van der Waals surface area contributed by atoms with Crippen LogP contribution in [0.25, 0.3) is 6.08 Å². The highest BCUT2D eigenvalue weighted by molar-refractivity contribution is 9.10. The first kappa shape index (κ1) is 17.3. The summed E-state index contributed by atoms with van der Waals surface area (Å²) in [5.41, 5.74) is 1.61. The molecule has 1 aromatic carbocycles. The van der Waals surface area contributed by atoms with Crippen LogP contribution in [0.15, 0.2) is 33.6 Å². The molecule has 0 unspecified atom stereocenters. The van der Waals surface area contributed by atoms with Gasteiger partial charge in [0.25, 0.3) is 0 Å². The van der Waals surface area contributed by atoms with Crippen molar-refractivity contribution in [2.45, 2.75) is 6.92 Å².